The Morgan fingerprint density at radius 3 is 1.79 bits per heavy atom. The summed E-state index contributed by atoms with van der Waals surface area (Å²) < 4.78 is 15.9. The van der Waals surface area contributed by atoms with E-state index in [-0.39, 0.29) is 31.9 Å². The topological polar surface area (TPSA) is 46.7 Å². The fraction of sp³-hybridized carbons (Fsp3) is 0.206. The number of nitrogens with zero attached hydrogens (tertiary/aromatic N) is 4. The van der Waals surface area contributed by atoms with Gasteiger partial charge >= 0.3 is 0 Å². The van der Waals surface area contributed by atoms with Gasteiger partial charge in [0.2, 0.25) is 0 Å². The Morgan fingerprint density at radius 2 is 1.15 bits per heavy atom. The Bertz CT molecular complexity index is 3970. The van der Waals surface area contributed by atoms with Crippen molar-refractivity contribution in [1.29, 1.82) is 0 Å². The zero-order chi connectivity index (χ0) is 51.5. The molecule has 0 saturated heterocycles. The Kier molecular flexibility index (Phi) is 12.3. The molecule has 11 aromatic rings. The molecule has 0 bridgehead atoms. The van der Waals surface area contributed by atoms with Crippen molar-refractivity contribution in [2.24, 2.45) is 0 Å². The number of hydrogen-bond donors (Lipinski definition) is 0. The van der Waals surface area contributed by atoms with Gasteiger partial charge in [-0.2, -0.15) is 6.07 Å². The van der Waals surface area contributed by atoms with E-state index in [1.807, 2.05) is 24.4 Å². The first-order valence-electron chi connectivity index (χ1n) is 25.8. The minimum atomic E-state index is -0.219. The zero-order valence-corrected chi connectivity index (χ0v) is 47.1. The molecular weight excluding hydrogens is 1100 g/mol. The second kappa shape index (κ2) is 18.5. The number of benzene rings is 8. The van der Waals surface area contributed by atoms with E-state index in [0.29, 0.717) is 11.5 Å². The van der Waals surface area contributed by atoms with Crippen molar-refractivity contribution in [3.63, 3.8) is 0 Å². The van der Waals surface area contributed by atoms with Crippen LogP contribution in [0.5, 0.6) is 11.5 Å². The van der Waals surface area contributed by atoms with Gasteiger partial charge in [0, 0.05) is 83.2 Å². The monoisotopic (exact) mass is 1160 g/mol. The van der Waals surface area contributed by atoms with E-state index >= 15 is 0 Å². The van der Waals surface area contributed by atoms with Crippen LogP contribution in [0.1, 0.15) is 86.1 Å². The summed E-state index contributed by atoms with van der Waals surface area (Å²) in [6, 6.07) is 57.7. The summed E-state index contributed by atoms with van der Waals surface area (Å²) in [4.78, 5) is 9.67. The Hall–Kier alpha value is -7.40. The molecule has 1 aliphatic heterocycles. The van der Waals surface area contributed by atoms with Gasteiger partial charge in [0.25, 0.3) is 0 Å². The maximum atomic E-state index is 7.03. The number of furan rings is 1. The third kappa shape index (κ3) is 8.52. The first-order valence-corrected chi connectivity index (χ1v) is 25.8. The van der Waals surface area contributed by atoms with Gasteiger partial charge in [-0.15, -0.1) is 48.3 Å². The van der Waals surface area contributed by atoms with Crippen LogP contribution in [0.2, 0.25) is 0 Å². The predicted molar refractivity (Wildman–Crippen MR) is 308 cm³/mol. The summed E-state index contributed by atoms with van der Waals surface area (Å²) in [5, 5.41) is 4.18. The van der Waals surface area contributed by atoms with Crippen molar-refractivity contribution < 1.29 is 30.2 Å². The third-order valence-electron chi connectivity index (χ3n) is 15.0. The van der Waals surface area contributed by atoms with Crippen molar-refractivity contribution in [2.75, 3.05) is 9.80 Å². The number of aryl methyl sites for hydroxylation is 6. The van der Waals surface area contributed by atoms with E-state index < -0.39 is 0 Å². The van der Waals surface area contributed by atoms with Crippen molar-refractivity contribution in [2.45, 2.75) is 93.9 Å². The molecule has 75 heavy (non-hydrogen) atoms. The van der Waals surface area contributed by atoms with Crippen molar-refractivity contribution in [3.05, 3.63) is 209 Å². The Morgan fingerprint density at radius 1 is 0.547 bits per heavy atom. The second-order valence-electron chi connectivity index (χ2n) is 22.6. The molecule has 0 fully saturated rings. The summed E-state index contributed by atoms with van der Waals surface area (Å²) in [6.45, 7) is 29.0. The van der Waals surface area contributed by atoms with Crippen molar-refractivity contribution in [1.82, 2.24) is 9.55 Å². The molecule has 12 rings (SSSR count). The Balaban J connectivity index is 0.00000602. The number of para-hydroxylation sites is 4. The number of anilines is 4. The molecule has 0 amide bonds. The van der Waals surface area contributed by atoms with Gasteiger partial charge in [-0.1, -0.05) is 136 Å². The molecule has 4 heterocycles. The average Bonchev–Trinajstić information content (AvgIpc) is 4.06. The fourth-order valence-corrected chi connectivity index (χ4v) is 11.7. The maximum Gasteiger partial charge on any atom is 0.135 e. The fourth-order valence-electron chi connectivity index (χ4n) is 11.7. The van der Waals surface area contributed by atoms with Crippen LogP contribution >= 0.6 is 0 Å². The van der Waals surface area contributed by atoms with Gasteiger partial charge in [0.05, 0.1) is 0 Å². The number of pyridine rings is 1. The van der Waals surface area contributed by atoms with Gasteiger partial charge in [0.1, 0.15) is 17.0 Å². The molecule has 0 N–H and O–H groups in total. The molecule has 0 aliphatic carbocycles. The molecule has 6 nitrogen and oxygen atoms in total. The maximum absolute atomic E-state index is 7.03. The normalized spacial score (nSPS) is 12.9. The van der Waals surface area contributed by atoms with Gasteiger partial charge in [-0.3, -0.25) is 0 Å². The largest absolute Gasteiger partial charge is 0.509 e. The van der Waals surface area contributed by atoms with E-state index in [4.69, 9.17) is 14.1 Å². The standard InChI is InChI=1S/C68H61N4O2.Pt/c1-40-30-42(3)62(43(4)31-40)54-19-17-20-55(63-44(5)32-41(2)33-45(63)6)65(54)71-39-70(56-21-14-15-22-57(56)71)48-34-47(68(10,11)12)35-50(37-48)73-49-24-25-53-59(38-49)72(61-36-46(28-29-69-61)67(7,8)9)58-27-26-52-51-18-13-16-23-60(51)74-66(52)64(53)58;/h13-36,39H,1-12H3;/q-3;. The third-order valence-corrected chi connectivity index (χ3v) is 15.0. The van der Waals surface area contributed by atoms with Crippen LogP contribution in [0.15, 0.2) is 150 Å². The molecule has 378 valence electrons. The average molecular weight is 1160 g/mol. The number of hydrogen-bond acceptors (Lipinski definition) is 5. The first-order chi connectivity index (χ1) is 35.4. The van der Waals surface area contributed by atoms with E-state index in [9.17, 15) is 0 Å². The van der Waals surface area contributed by atoms with Crippen LogP contribution in [0.3, 0.4) is 0 Å². The van der Waals surface area contributed by atoms with E-state index in [1.165, 1.54) is 61.2 Å². The minimum absolute atomic E-state index is 0. The quantitative estimate of drug-likeness (QED) is 0.149. The summed E-state index contributed by atoms with van der Waals surface area (Å²) in [5.74, 6) is 1.98. The van der Waals surface area contributed by atoms with E-state index in [2.05, 4.69) is 238 Å². The molecule has 0 unspecified atom stereocenters. The smallest absolute Gasteiger partial charge is 0.135 e. The van der Waals surface area contributed by atoms with Gasteiger partial charge < -0.3 is 23.5 Å². The van der Waals surface area contributed by atoms with Crippen molar-refractivity contribution >= 4 is 66.5 Å². The summed E-state index contributed by atoms with van der Waals surface area (Å²) in [5.41, 5.74) is 22.1. The van der Waals surface area contributed by atoms with Crippen LogP contribution in [-0.4, -0.2) is 9.55 Å². The molecule has 1 aliphatic rings. The molecule has 0 saturated carbocycles. The summed E-state index contributed by atoms with van der Waals surface area (Å²) in [7, 11) is 0. The first kappa shape index (κ1) is 49.8. The summed E-state index contributed by atoms with van der Waals surface area (Å²) >= 11 is 0. The predicted octanol–water partition coefficient (Wildman–Crippen LogP) is 18.7. The van der Waals surface area contributed by atoms with Crippen LogP contribution < -0.4 is 14.5 Å². The molecular formula is C68H61N4O2Pt-3. The Labute approximate surface area is 455 Å². The molecule has 8 aromatic carbocycles. The second-order valence-corrected chi connectivity index (χ2v) is 22.6. The minimum Gasteiger partial charge on any atom is -0.509 e. The van der Waals surface area contributed by atoms with Crippen molar-refractivity contribution in [3.8, 4) is 39.6 Å². The van der Waals surface area contributed by atoms with Gasteiger partial charge in [-0.25, -0.2) is 4.98 Å². The van der Waals surface area contributed by atoms with Crippen LogP contribution in [0.25, 0.3) is 71.8 Å². The van der Waals surface area contributed by atoms with Crippen LogP contribution in [-0.2, 0) is 31.9 Å². The SMILES string of the molecule is Cc1cc(C)c(-c2cccc(-c3c(C)cc(C)cc3C)c2N2[CH-]N(c3[c-]c(Oc4[c-]c5c(cc4)c4c6oc7ccccc7c6ccc4n5-c4cc(C(C)(C)C)ccn4)cc(C(C)(C)C)c3)c3ccccc32)c(C)c1.[Pt]. The van der Waals surface area contributed by atoms with Gasteiger partial charge in [0.15, 0.2) is 0 Å². The molecule has 0 spiro atoms. The summed E-state index contributed by atoms with van der Waals surface area (Å²) in [6.07, 6.45) is 1.91. The molecule has 0 atom stereocenters. The number of rotatable bonds is 7. The van der Waals surface area contributed by atoms with E-state index in [1.54, 1.807) is 0 Å². The van der Waals surface area contributed by atoms with E-state index in [0.717, 1.165) is 77.9 Å². The van der Waals surface area contributed by atoms with Crippen LogP contribution in [0.4, 0.5) is 22.7 Å². The number of aromatic nitrogens is 2. The molecule has 7 heteroatoms. The number of fused-ring (bicyclic) bond motifs is 8. The number of ether oxygens (including phenoxy) is 1. The zero-order valence-electron chi connectivity index (χ0n) is 44.9. The molecule has 0 radical (unpaired) electrons. The van der Waals surface area contributed by atoms with Crippen LogP contribution in [0, 0.1) is 60.3 Å². The van der Waals surface area contributed by atoms with Gasteiger partial charge in [-0.05, 0) is 139 Å². The molecule has 3 aromatic heterocycles.